The van der Waals surface area contributed by atoms with Crippen molar-refractivity contribution in [2.24, 2.45) is 5.92 Å². The van der Waals surface area contributed by atoms with Crippen LogP contribution >= 0.6 is 0 Å². The van der Waals surface area contributed by atoms with E-state index in [9.17, 15) is 9.18 Å². The van der Waals surface area contributed by atoms with Gasteiger partial charge < -0.3 is 5.32 Å². The molecule has 19 heavy (non-hydrogen) atoms. The maximum Gasteiger partial charge on any atom is 0.258 e. The van der Waals surface area contributed by atoms with Crippen molar-refractivity contribution in [1.82, 2.24) is 14.7 Å². The molecule has 3 heterocycles. The molecular formula is C14H16FN3O. The van der Waals surface area contributed by atoms with Gasteiger partial charge in [-0.2, -0.15) is 0 Å². The zero-order valence-corrected chi connectivity index (χ0v) is 10.6. The minimum atomic E-state index is -0.452. The van der Waals surface area contributed by atoms with E-state index < -0.39 is 5.82 Å². The smallest absolute Gasteiger partial charge is 0.258 e. The first-order valence-electron chi connectivity index (χ1n) is 6.61. The maximum atomic E-state index is 13.7. The Kier molecular flexibility index (Phi) is 3.29. The van der Waals surface area contributed by atoms with Crippen LogP contribution < -0.4 is 10.9 Å². The first kappa shape index (κ1) is 12.3. The van der Waals surface area contributed by atoms with Crippen molar-refractivity contribution >= 4 is 5.65 Å². The highest BCUT2D eigenvalue weighted by molar-refractivity contribution is 5.40. The molecule has 0 radical (unpaired) electrons. The summed E-state index contributed by atoms with van der Waals surface area (Å²) >= 11 is 0. The summed E-state index contributed by atoms with van der Waals surface area (Å²) in [7, 11) is 0. The minimum absolute atomic E-state index is 0.124. The average molecular weight is 261 g/mol. The second-order valence-corrected chi connectivity index (χ2v) is 5.03. The van der Waals surface area contributed by atoms with Crippen LogP contribution in [0.3, 0.4) is 0 Å². The third-order valence-corrected chi connectivity index (χ3v) is 3.65. The van der Waals surface area contributed by atoms with Crippen molar-refractivity contribution in [2.45, 2.75) is 19.3 Å². The molecule has 0 saturated carbocycles. The SMILES string of the molecule is O=c1cc(CC2CCNCC2)nc2c(F)cccn12. The summed E-state index contributed by atoms with van der Waals surface area (Å²) in [4.78, 5) is 16.2. The fourth-order valence-corrected chi connectivity index (χ4v) is 2.63. The van der Waals surface area contributed by atoms with E-state index >= 15 is 0 Å². The Morgan fingerprint density at radius 1 is 1.42 bits per heavy atom. The molecule has 0 atom stereocenters. The predicted molar refractivity (Wildman–Crippen MR) is 70.7 cm³/mol. The molecule has 3 rings (SSSR count). The van der Waals surface area contributed by atoms with Crippen LogP contribution in [0, 0.1) is 11.7 Å². The molecule has 2 aromatic heterocycles. The van der Waals surface area contributed by atoms with Gasteiger partial charge in [-0.3, -0.25) is 9.20 Å². The van der Waals surface area contributed by atoms with E-state index in [1.807, 2.05) is 0 Å². The van der Waals surface area contributed by atoms with Crippen LogP contribution in [0.5, 0.6) is 0 Å². The summed E-state index contributed by atoms with van der Waals surface area (Å²) in [6, 6.07) is 4.36. The molecule has 1 aliphatic rings. The van der Waals surface area contributed by atoms with Crippen molar-refractivity contribution < 1.29 is 4.39 Å². The number of nitrogens with one attached hydrogen (secondary N) is 1. The summed E-state index contributed by atoms with van der Waals surface area (Å²) in [6.45, 7) is 2.01. The van der Waals surface area contributed by atoms with Crippen molar-refractivity contribution in [2.75, 3.05) is 13.1 Å². The van der Waals surface area contributed by atoms with Gasteiger partial charge in [0, 0.05) is 18.0 Å². The van der Waals surface area contributed by atoms with E-state index in [2.05, 4.69) is 10.3 Å². The molecule has 1 saturated heterocycles. The second kappa shape index (κ2) is 5.09. The van der Waals surface area contributed by atoms with Crippen LogP contribution in [0.25, 0.3) is 5.65 Å². The van der Waals surface area contributed by atoms with Crippen LogP contribution in [0.2, 0.25) is 0 Å². The quantitative estimate of drug-likeness (QED) is 0.888. The topological polar surface area (TPSA) is 46.4 Å². The van der Waals surface area contributed by atoms with Gasteiger partial charge in [-0.15, -0.1) is 0 Å². The van der Waals surface area contributed by atoms with Gasteiger partial charge >= 0.3 is 0 Å². The van der Waals surface area contributed by atoms with Crippen LogP contribution in [0.15, 0.2) is 29.2 Å². The lowest BCUT2D eigenvalue weighted by atomic mass is 9.93. The summed E-state index contributed by atoms with van der Waals surface area (Å²) in [5, 5.41) is 3.30. The lowest BCUT2D eigenvalue weighted by molar-refractivity contribution is 0.370. The van der Waals surface area contributed by atoms with Gasteiger partial charge in [0.05, 0.1) is 0 Å². The summed E-state index contributed by atoms with van der Waals surface area (Å²) in [5.74, 6) is 0.0779. The number of aromatic nitrogens is 2. The first-order chi connectivity index (χ1) is 9.24. The molecular weight excluding hydrogens is 245 g/mol. The molecule has 0 amide bonds. The number of hydrogen-bond donors (Lipinski definition) is 1. The number of piperidine rings is 1. The number of halogens is 1. The molecule has 0 spiro atoms. The van der Waals surface area contributed by atoms with Gasteiger partial charge in [-0.1, -0.05) is 0 Å². The largest absolute Gasteiger partial charge is 0.317 e. The normalized spacial score (nSPS) is 16.9. The lowest BCUT2D eigenvalue weighted by Crippen LogP contribution is -2.29. The summed E-state index contributed by atoms with van der Waals surface area (Å²) < 4.78 is 14.9. The summed E-state index contributed by atoms with van der Waals surface area (Å²) in [5.41, 5.74) is 0.606. The molecule has 0 unspecified atom stereocenters. The van der Waals surface area contributed by atoms with E-state index in [0.717, 1.165) is 32.4 Å². The Morgan fingerprint density at radius 3 is 3.00 bits per heavy atom. The fraction of sp³-hybridized carbons (Fsp3) is 0.429. The fourth-order valence-electron chi connectivity index (χ4n) is 2.63. The lowest BCUT2D eigenvalue weighted by Gasteiger charge is -2.22. The third kappa shape index (κ3) is 2.51. The molecule has 1 N–H and O–H groups in total. The highest BCUT2D eigenvalue weighted by atomic mass is 19.1. The monoisotopic (exact) mass is 261 g/mol. The minimum Gasteiger partial charge on any atom is -0.317 e. The molecule has 4 nitrogen and oxygen atoms in total. The van der Waals surface area contributed by atoms with E-state index in [4.69, 9.17) is 0 Å². The number of rotatable bonds is 2. The molecule has 2 aromatic rings. The Bertz CT molecular complexity index is 647. The van der Waals surface area contributed by atoms with E-state index in [1.54, 1.807) is 6.20 Å². The standard InChI is InChI=1S/C14H16FN3O/c15-12-2-1-7-18-13(19)9-11(17-14(12)18)8-10-3-5-16-6-4-10/h1-2,7,9-10,16H,3-6,8H2. The first-order valence-corrected chi connectivity index (χ1v) is 6.61. The number of hydrogen-bond acceptors (Lipinski definition) is 3. The van der Waals surface area contributed by atoms with Gasteiger partial charge in [0.2, 0.25) is 0 Å². The van der Waals surface area contributed by atoms with Crippen LogP contribution in [0.4, 0.5) is 4.39 Å². The highest BCUT2D eigenvalue weighted by Crippen LogP contribution is 2.17. The maximum absolute atomic E-state index is 13.7. The molecule has 0 aliphatic carbocycles. The van der Waals surface area contributed by atoms with Crippen LogP contribution in [-0.4, -0.2) is 22.5 Å². The summed E-state index contributed by atoms with van der Waals surface area (Å²) in [6.07, 6.45) is 4.46. The zero-order valence-electron chi connectivity index (χ0n) is 10.6. The van der Waals surface area contributed by atoms with Crippen molar-refractivity contribution in [3.63, 3.8) is 0 Å². The Balaban J connectivity index is 1.96. The van der Waals surface area contributed by atoms with Crippen LogP contribution in [-0.2, 0) is 6.42 Å². The molecule has 100 valence electrons. The van der Waals surface area contributed by atoms with E-state index in [1.165, 1.54) is 22.6 Å². The predicted octanol–water partition coefficient (Wildman–Crippen LogP) is 1.38. The zero-order chi connectivity index (χ0) is 13.2. The van der Waals surface area contributed by atoms with Gasteiger partial charge in [-0.05, 0) is 50.4 Å². The van der Waals surface area contributed by atoms with Crippen LogP contribution in [0.1, 0.15) is 18.5 Å². The number of nitrogens with zero attached hydrogens (tertiary/aromatic N) is 2. The third-order valence-electron chi connectivity index (χ3n) is 3.65. The molecule has 5 heteroatoms. The van der Waals surface area contributed by atoms with Crippen molar-refractivity contribution in [1.29, 1.82) is 0 Å². The average Bonchev–Trinajstić information content (AvgIpc) is 2.41. The number of pyridine rings is 1. The highest BCUT2D eigenvalue weighted by Gasteiger charge is 2.15. The Hall–Kier alpha value is -1.75. The van der Waals surface area contributed by atoms with Crippen molar-refractivity contribution in [3.05, 3.63) is 46.3 Å². The van der Waals surface area contributed by atoms with Gasteiger partial charge in [-0.25, -0.2) is 9.37 Å². The molecule has 0 aromatic carbocycles. The Morgan fingerprint density at radius 2 is 2.21 bits per heavy atom. The van der Waals surface area contributed by atoms with E-state index in [-0.39, 0.29) is 11.2 Å². The van der Waals surface area contributed by atoms with Gasteiger partial charge in [0.1, 0.15) is 0 Å². The van der Waals surface area contributed by atoms with Crippen molar-refractivity contribution in [3.8, 4) is 0 Å². The molecule has 1 aliphatic heterocycles. The second-order valence-electron chi connectivity index (χ2n) is 5.03. The van der Waals surface area contributed by atoms with Gasteiger partial charge in [0.15, 0.2) is 11.5 Å². The molecule has 0 bridgehead atoms. The van der Waals surface area contributed by atoms with Gasteiger partial charge in [0.25, 0.3) is 5.56 Å². The Labute approximate surface area is 110 Å². The van der Waals surface area contributed by atoms with E-state index in [0.29, 0.717) is 11.6 Å². The number of fused-ring (bicyclic) bond motifs is 1. The molecule has 1 fully saturated rings.